The SMILES string of the molecule is CCCCCCN(CCCCCC)c1ccc(O)c2c1C(C)C1=C(O)c3cc(O)c(C(N)=O)c(O)c3CC1C2=O. The zero-order valence-corrected chi connectivity index (χ0v) is 23.8. The molecule has 2 aliphatic rings. The molecule has 0 fully saturated rings. The molecule has 0 radical (unpaired) electrons. The quantitative estimate of drug-likeness (QED) is 0.195. The first-order chi connectivity index (χ1) is 19.1. The van der Waals surface area contributed by atoms with Gasteiger partial charge in [0.1, 0.15) is 28.6 Å². The van der Waals surface area contributed by atoms with Crippen LogP contribution in [-0.2, 0) is 6.42 Å². The molecular weight excluding hydrogens is 508 g/mol. The van der Waals surface area contributed by atoms with Crippen molar-refractivity contribution in [1.82, 2.24) is 0 Å². The number of ketones is 1. The highest BCUT2D eigenvalue weighted by Gasteiger charge is 2.45. The smallest absolute Gasteiger partial charge is 0.256 e. The number of phenols is 3. The second-order valence-corrected chi connectivity index (χ2v) is 11.2. The Hall–Kier alpha value is -3.68. The third kappa shape index (κ3) is 5.23. The third-order valence-corrected chi connectivity index (χ3v) is 8.51. The molecule has 2 unspecified atom stereocenters. The van der Waals surface area contributed by atoms with Crippen molar-refractivity contribution >= 4 is 23.1 Å². The predicted octanol–water partition coefficient (Wildman–Crippen LogP) is 6.31. The molecule has 216 valence electrons. The number of nitrogens with two attached hydrogens (primary N) is 1. The van der Waals surface area contributed by atoms with E-state index in [0.717, 1.165) is 70.1 Å². The number of carbonyl (C=O) groups is 2. The van der Waals surface area contributed by atoms with Gasteiger partial charge < -0.3 is 31.1 Å². The summed E-state index contributed by atoms with van der Waals surface area (Å²) in [5, 5.41) is 43.6. The lowest BCUT2D eigenvalue weighted by atomic mass is 9.66. The number of aliphatic hydroxyl groups excluding tert-OH is 1. The number of Topliss-reactive ketones (excluding diaryl/α,β-unsaturated/α-hetero) is 1. The van der Waals surface area contributed by atoms with Crippen LogP contribution in [0.2, 0.25) is 0 Å². The topological polar surface area (TPSA) is 144 Å². The molecule has 0 heterocycles. The molecule has 8 nitrogen and oxygen atoms in total. The molecule has 40 heavy (non-hydrogen) atoms. The van der Waals surface area contributed by atoms with E-state index in [0.29, 0.717) is 11.1 Å². The molecule has 2 aromatic rings. The van der Waals surface area contributed by atoms with Crippen LogP contribution in [0.1, 0.15) is 115 Å². The Labute approximate surface area is 236 Å². The van der Waals surface area contributed by atoms with Crippen LogP contribution in [0.15, 0.2) is 23.8 Å². The molecule has 4 rings (SSSR count). The Kier molecular flexibility index (Phi) is 8.96. The Morgan fingerprint density at radius 2 is 1.57 bits per heavy atom. The van der Waals surface area contributed by atoms with Gasteiger partial charge in [-0.3, -0.25) is 9.59 Å². The van der Waals surface area contributed by atoms with Gasteiger partial charge in [-0.1, -0.05) is 59.3 Å². The van der Waals surface area contributed by atoms with Gasteiger partial charge in [-0.15, -0.1) is 0 Å². The molecular formula is C32H42N2O6. The van der Waals surface area contributed by atoms with Gasteiger partial charge in [0, 0.05) is 35.8 Å². The second kappa shape index (κ2) is 12.2. The predicted molar refractivity (Wildman–Crippen MR) is 156 cm³/mol. The number of aromatic hydroxyl groups is 3. The van der Waals surface area contributed by atoms with Gasteiger partial charge in [-0.25, -0.2) is 0 Å². The van der Waals surface area contributed by atoms with Crippen molar-refractivity contribution in [1.29, 1.82) is 0 Å². The van der Waals surface area contributed by atoms with Gasteiger partial charge in [-0.05, 0) is 48.6 Å². The maximum Gasteiger partial charge on any atom is 0.256 e. The Morgan fingerprint density at radius 3 is 2.15 bits per heavy atom. The molecule has 0 saturated carbocycles. The van der Waals surface area contributed by atoms with Gasteiger partial charge in [-0.2, -0.15) is 0 Å². The van der Waals surface area contributed by atoms with Crippen molar-refractivity contribution in [2.45, 2.75) is 84.5 Å². The van der Waals surface area contributed by atoms with E-state index in [1.165, 1.54) is 6.07 Å². The lowest BCUT2D eigenvalue weighted by molar-refractivity contribution is 0.0921. The van der Waals surface area contributed by atoms with Gasteiger partial charge in [0.05, 0.1) is 11.5 Å². The number of anilines is 1. The van der Waals surface area contributed by atoms with Crippen molar-refractivity contribution in [3.63, 3.8) is 0 Å². The molecule has 0 aromatic heterocycles. The number of amides is 1. The van der Waals surface area contributed by atoms with Crippen LogP contribution in [0.5, 0.6) is 17.2 Å². The van der Waals surface area contributed by atoms with E-state index < -0.39 is 34.8 Å². The lowest BCUT2D eigenvalue weighted by Crippen LogP contribution is -2.35. The summed E-state index contributed by atoms with van der Waals surface area (Å²) in [6.07, 6.45) is 8.86. The minimum atomic E-state index is -1.01. The molecule has 6 N–H and O–H groups in total. The van der Waals surface area contributed by atoms with E-state index in [1.54, 1.807) is 6.07 Å². The molecule has 0 spiro atoms. The standard InChI is InChI=1S/C32H42N2O6/c1-4-6-8-10-14-34(15-11-9-7-5-2)22-12-13-23(35)27-26(22)18(3)25-21(31(27)39)16-19-20(29(25)37)17-24(36)28(30(19)38)32(33)40/h12-13,17-18,21,35-38H,4-11,14-16H2,1-3H3,(H2,33,40). The van der Waals surface area contributed by atoms with Gasteiger partial charge in [0.25, 0.3) is 5.91 Å². The maximum absolute atomic E-state index is 14.0. The van der Waals surface area contributed by atoms with Crippen molar-refractivity contribution in [3.05, 3.63) is 51.6 Å². The van der Waals surface area contributed by atoms with Crippen LogP contribution < -0.4 is 10.6 Å². The number of rotatable bonds is 12. The normalized spacial score (nSPS) is 17.8. The first-order valence-electron chi connectivity index (χ1n) is 14.6. The Balaban J connectivity index is 1.83. The summed E-state index contributed by atoms with van der Waals surface area (Å²) in [5.74, 6) is -3.99. The van der Waals surface area contributed by atoms with Crippen LogP contribution in [0, 0.1) is 5.92 Å². The van der Waals surface area contributed by atoms with Crippen molar-refractivity contribution in [3.8, 4) is 17.2 Å². The second-order valence-electron chi connectivity index (χ2n) is 11.2. The average molecular weight is 551 g/mol. The number of aliphatic hydroxyl groups is 1. The van der Waals surface area contributed by atoms with Crippen molar-refractivity contribution in [2.75, 3.05) is 18.0 Å². The third-order valence-electron chi connectivity index (χ3n) is 8.51. The molecule has 0 aliphatic heterocycles. The minimum absolute atomic E-state index is 0.00511. The van der Waals surface area contributed by atoms with Gasteiger partial charge in [0.2, 0.25) is 0 Å². The van der Waals surface area contributed by atoms with E-state index in [2.05, 4.69) is 18.7 Å². The number of nitrogens with zero attached hydrogens (tertiary/aromatic N) is 1. The fourth-order valence-corrected chi connectivity index (χ4v) is 6.44. The molecule has 2 aliphatic carbocycles. The first-order valence-corrected chi connectivity index (χ1v) is 14.6. The number of hydrogen-bond acceptors (Lipinski definition) is 7. The Morgan fingerprint density at radius 1 is 0.950 bits per heavy atom. The van der Waals surface area contributed by atoms with Crippen LogP contribution in [0.25, 0.3) is 5.76 Å². The van der Waals surface area contributed by atoms with Crippen LogP contribution in [0.3, 0.4) is 0 Å². The van der Waals surface area contributed by atoms with Crippen molar-refractivity contribution < 1.29 is 30.0 Å². The largest absolute Gasteiger partial charge is 0.507 e. The number of carbonyl (C=O) groups excluding carboxylic acids is 2. The maximum atomic E-state index is 14.0. The highest BCUT2D eigenvalue weighted by atomic mass is 16.3. The van der Waals surface area contributed by atoms with Crippen LogP contribution in [0.4, 0.5) is 5.69 Å². The zero-order chi connectivity index (χ0) is 29.1. The van der Waals surface area contributed by atoms with Crippen LogP contribution in [-0.4, -0.2) is 45.2 Å². The molecule has 0 bridgehead atoms. The van der Waals surface area contributed by atoms with E-state index in [-0.39, 0.29) is 40.4 Å². The van der Waals surface area contributed by atoms with E-state index in [4.69, 9.17) is 5.73 Å². The molecule has 1 amide bonds. The highest BCUT2D eigenvalue weighted by molar-refractivity contribution is 6.09. The number of unbranched alkanes of at least 4 members (excludes halogenated alkanes) is 6. The van der Waals surface area contributed by atoms with Gasteiger partial charge >= 0.3 is 0 Å². The fraction of sp³-hybridized carbons (Fsp3) is 0.500. The lowest BCUT2D eigenvalue weighted by Gasteiger charge is -2.39. The van der Waals surface area contributed by atoms with Crippen molar-refractivity contribution in [2.24, 2.45) is 11.7 Å². The number of benzene rings is 2. The summed E-state index contributed by atoms with van der Waals surface area (Å²) in [7, 11) is 0. The zero-order valence-electron chi connectivity index (χ0n) is 23.8. The average Bonchev–Trinajstić information content (AvgIpc) is 2.91. The number of primary amides is 1. The monoisotopic (exact) mass is 550 g/mol. The number of fused-ring (bicyclic) bond motifs is 3. The van der Waals surface area contributed by atoms with Gasteiger partial charge in [0.15, 0.2) is 5.78 Å². The number of phenolic OH excluding ortho intramolecular Hbond substituents is 1. The van der Waals surface area contributed by atoms with E-state index >= 15 is 0 Å². The molecule has 2 atom stereocenters. The summed E-state index contributed by atoms with van der Waals surface area (Å²) in [6.45, 7) is 7.94. The summed E-state index contributed by atoms with van der Waals surface area (Å²) in [5.41, 5.74) is 7.57. The number of allylic oxidation sites excluding steroid dienone is 1. The van der Waals surface area contributed by atoms with E-state index in [9.17, 15) is 30.0 Å². The summed E-state index contributed by atoms with van der Waals surface area (Å²) in [6, 6.07) is 4.68. The Bertz CT molecular complexity index is 1320. The fourth-order valence-electron chi connectivity index (χ4n) is 6.44. The summed E-state index contributed by atoms with van der Waals surface area (Å²) >= 11 is 0. The molecule has 2 aromatic carbocycles. The molecule has 0 saturated heterocycles. The summed E-state index contributed by atoms with van der Waals surface area (Å²) in [4.78, 5) is 28.2. The number of hydrogen-bond donors (Lipinski definition) is 5. The molecule has 8 heteroatoms. The minimum Gasteiger partial charge on any atom is -0.507 e. The van der Waals surface area contributed by atoms with E-state index in [1.807, 2.05) is 13.0 Å². The first kappa shape index (κ1) is 29.3. The van der Waals surface area contributed by atoms with Crippen LogP contribution >= 0.6 is 0 Å². The summed E-state index contributed by atoms with van der Waals surface area (Å²) < 4.78 is 0. The highest BCUT2D eigenvalue weighted by Crippen LogP contribution is 2.53.